The predicted molar refractivity (Wildman–Crippen MR) is 137 cm³/mol. The minimum Gasteiger partial charge on any atom is -0.465 e. The van der Waals surface area contributed by atoms with Crippen LogP contribution in [0.5, 0.6) is 0 Å². The van der Waals surface area contributed by atoms with E-state index in [0.717, 1.165) is 12.8 Å². The zero-order valence-corrected chi connectivity index (χ0v) is 21.1. The zero-order valence-electron chi connectivity index (χ0n) is 21.1. The maximum atomic E-state index is 12.8. The van der Waals surface area contributed by atoms with Gasteiger partial charge in [-0.15, -0.1) is 4.91 Å². The number of hydrogen-bond donors (Lipinski definition) is 3. The molecular weight excluding hydrogens is 480 g/mol. The van der Waals surface area contributed by atoms with Gasteiger partial charge >= 0.3 is 5.97 Å². The van der Waals surface area contributed by atoms with E-state index < -0.39 is 29.9 Å². The summed E-state index contributed by atoms with van der Waals surface area (Å²) in [4.78, 5) is 62.3. The van der Waals surface area contributed by atoms with E-state index in [1.807, 2.05) is 13.8 Å². The minimum atomic E-state index is -2.06. The lowest BCUT2D eigenvalue weighted by Gasteiger charge is -2.22. The molecule has 0 aliphatic heterocycles. The first-order chi connectivity index (χ1) is 17.7. The number of anilines is 1. The van der Waals surface area contributed by atoms with Crippen LogP contribution in [0.3, 0.4) is 0 Å². The summed E-state index contributed by atoms with van der Waals surface area (Å²) in [6, 6.07) is 10.5. The first-order valence-corrected chi connectivity index (χ1v) is 11.9. The van der Waals surface area contributed by atoms with Crippen molar-refractivity contribution in [1.29, 1.82) is 0 Å². The molecule has 0 spiro atoms. The lowest BCUT2D eigenvalue weighted by Crippen LogP contribution is -2.46. The number of rotatable bonds is 13. The molecule has 2 aromatic carbocycles. The first kappa shape index (κ1) is 29.1. The van der Waals surface area contributed by atoms with Gasteiger partial charge in [-0.1, -0.05) is 37.2 Å². The Bertz CT molecular complexity index is 1100. The lowest BCUT2D eigenvalue weighted by atomic mass is 10.1. The van der Waals surface area contributed by atoms with Gasteiger partial charge in [0.2, 0.25) is 6.04 Å². The third-order valence-electron chi connectivity index (χ3n) is 5.44. The van der Waals surface area contributed by atoms with Gasteiger partial charge < -0.3 is 25.4 Å². The Hall–Kier alpha value is -4.12. The van der Waals surface area contributed by atoms with Crippen molar-refractivity contribution >= 4 is 29.4 Å². The number of nitrogens with zero attached hydrogens (tertiary/aromatic N) is 2. The Morgan fingerprint density at radius 3 is 2.19 bits per heavy atom. The predicted octanol–water partition coefficient (Wildman–Crippen LogP) is 2.49. The van der Waals surface area contributed by atoms with Crippen molar-refractivity contribution in [3.8, 4) is 0 Å². The van der Waals surface area contributed by atoms with E-state index >= 15 is 0 Å². The highest BCUT2D eigenvalue weighted by Crippen LogP contribution is 2.15. The van der Waals surface area contributed by atoms with Crippen molar-refractivity contribution < 1.29 is 29.0 Å². The summed E-state index contributed by atoms with van der Waals surface area (Å²) in [7, 11) is 1.26. The van der Waals surface area contributed by atoms with E-state index in [9.17, 15) is 29.2 Å². The number of amides is 3. The second-order valence-electron chi connectivity index (χ2n) is 8.26. The molecule has 0 bridgehead atoms. The maximum absolute atomic E-state index is 12.8. The molecule has 198 valence electrons. The van der Waals surface area contributed by atoms with Crippen LogP contribution in [0.15, 0.2) is 53.7 Å². The highest BCUT2D eigenvalue weighted by Gasteiger charge is 2.33. The van der Waals surface area contributed by atoms with Crippen LogP contribution in [0.25, 0.3) is 0 Å². The highest BCUT2D eigenvalue weighted by atomic mass is 16.5. The van der Waals surface area contributed by atoms with Gasteiger partial charge in [0.25, 0.3) is 17.7 Å². The number of methoxy groups -OCH3 is 1. The van der Waals surface area contributed by atoms with E-state index in [0.29, 0.717) is 29.8 Å². The van der Waals surface area contributed by atoms with Crippen molar-refractivity contribution in [2.45, 2.75) is 45.4 Å². The van der Waals surface area contributed by atoms with Gasteiger partial charge in [0.1, 0.15) is 0 Å². The van der Waals surface area contributed by atoms with Crippen LogP contribution in [-0.4, -0.2) is 66.0 Å². The summed E-state index contributed by atoms with van der Waals surface area (Å²) >= 11 is 0. The maximum Gasteiger partial charge on any atom is 0.337 e. The van der Waals surface area contributed by atoms with Crippen LogP contribution in [0.4, 0.5) is 5.69 Å². The molecule has 37 heavy (non-hydrogen) atoms. The number of esters is 1. The molecule has 0 saturated heterocycles. The number of benzene rings is 2. The fourth-order valence-corrected chi connectivity index (χ4v) is 3.55. The summed E-state index contributed by atoms with van der Waals surface area (Å²) in [5.41, 5.74) is 1.51. The molecule has 0 fully saturated rings. The summed E-state index contributed by atoms with van der Waals surface area (Å²) < 4.78 is 4.62. The van der Waals surface area contributed by atoms with Crippen LogP contribution in [0.1, 0.15) is 53.0 Å². The number of carbonyl (C=O) groups excluding carboxylic acids is 4. The molecule has 3 amide bonds. The van der Waals surface area contributed by atoms with Crippen LogP contribution in [-0.2, 0) is 20.9 Å². The fraction of sp³-hybridized carbons (Fsp3) is 0.385. The smallest absolute Gasteiger partial charge is 0.337 e. The van der Waals surface area contributed by atoms with Crippen molar-refractivity contribution in [3.63, 3.8) is 0 Å². The van der Waals surface area contributed by atoms with Gasteiger partial charge in [-0.2, -0.15) is 0 Å². The van der Waals surface area contributed by atoms with Crippen LogP contribution in [0, 0.1) is 4.91 Å². The number of aliphatic hydroxyl groups is 1. The molecule has 2 aromatic rings. The third kappa shape index (κ3) is 8.21. The highest BCUT2D eigenvalue weighted by molar-refractivity contribution is 6.00. The molecule has 0 unspecified atom stereocenters. The van der Waals surface area contributed by atoms with Crippen molar-refractivity contribution in [1.82, 2.24) is 10.2 Å². The number of aliphatic hydroxyl groups excluding tert-OH is 1. The lowest BCUT2D eigenvalue weighted by molar-refractivity contribution is -0.132. The normalized spacial score (nSPS) is 12.1. The Balaban J connectivity index is 2.01. The quantitative estimate of drug-likeness (QED) is 0.275. The molecule has 0 aliphatic rings. The fourth-order valence-electron chi connectivity index (χ4n) is 3.55. The topological polar surface area (TPSA) is 154 Å². The van der Waals surface area contributed by atoms with E-state index in [4.69, 9.17) is 0 Å². The Morgan fingerprint density at radius 2 is 1.62 bits per heavy atom. The molecule has 0 aromatic heterocycles. The molecule has 11 nitrogen and oxygen atoms in total. The molecule has 0 radical (unpaired) electrons. The monoisotopic (exact) mass is 512 g/mol. The van der Waals surface area contributed by atoms with E-state index in [2.05, 4.69) is 20.5 Å². The molecule has 3 N–H and O–H groups in total. The Kier molecular flexibility index (Phi) is 11.4. The molecule has 0 aliphatic carbocycles. The average molecular weight is 513 g/mol. The standard InChI is InChI=1S/C26H32N4O7/c1-4-13-30(14-5-2)25(34)19-7-6-8-20(15-19)28-24(33)22(31)21(29-36)23(32)27-16-17-9-11-18(12-10-17)26(35)37-3/h6-12,15,21-22,31H,4-5,13-14,16H2,1-3H3,(H,27,32)(H,28,33)/t21-,22-/m1/s1. The Labute approximate surface area is 215 Å². The Morgan fingerprint density at radius 1 is 0.973 bits per heavy atom. The van der Waals surface area contributed by atoms with Crippen LogP contribution < -0.4 is 10.6 Å². The van der Waals surface area contributed by atoms with Gasteiger partial charge in [0.05, 0.1) is 12.7 Å². The van der Waals surface area contributed by atoms with Gasteiger partial charge in [-0.3, -0.25) is 14.4 Å². The van der Waals surface area contributed by atoms with Crippen molar-refractivity contribution in [3.05, 3.63) is 70.1 Å². The number of carbonyl (C=O) groups is 4. The molecular formula is C26H32N4O7. The molecule has 0 heterocycles. The number of nitroso groups, excluding NO2 is 1. The summed E-state index contributed by atoms with van der Waals surface area (Å²) in [6.45, 7) is 5.11. The van der Waals surface area contributed by atoms with E-state index in [1.54, 1.807) is 29.2 Å². The molecule has 11 heteroatoms. The van der Waals surface area contributed by atoms with E-state index in [-0.39, 0.29) is 18.1 Å². The van der Waals surface area contributed by atoms with Gasteiger partial charge in [-0.05, 0) is 48.7 Å². The van der Waals surface area contributed by atoms with Gasteiger partial charge in [0, 0.05) is 30.9 Å². The average Bonchev–Trinajstić information content (AvgIpc) is 2.91. The number of nitrogens with one attached hydrogen (secondary N) is 2. The van der Waals surface area contributed by atoms with Gasteiger partial charge in [0.15, 0.2) is 6.10 Å². The second-order valence-corrected chi connectivity index (χ2v) is 8.26. The van der Waals surface area contributed by atoms with Crippen LogP contribution >= 0.6 is 0 Å². The SMILES string of the molecule is CCCN(CCC)C(=O)c1cccc(NC(=O)[C@H](O)[C@@H](N=O)C(=O)NCc2ccc(C(=O)OC)cc2)c1. The van der Waals surface area contributed by atoms with Crippen molar-refractivity contribution in [2.24, 2.45) is 5.18 Å². The van der Waals surface area contributed by atoms with Crippen molar-refractivity contribution in [2.75, 3.05) is 25.5 Å². The largest absolute Gasteiger partial charge is 0.465 e. The minimum absolute atomic E-state index is 0.0309. The zero-order chi connectivity index (χ0) is 27.4. The molecule has 2 atom stereocenters. The molecule has 2 rings (SSSR count). The second kappa shape index (κ2) is 14.4. The number of hydrogen-bond acceptors (Lipinski definition) is 8. The summed E-state index contributed by atoms with van der Waals surface area (Å²) in [5, 5.41) is 17.8. The molecule has 0 saturated carbocycles. The van der Waals surface area contributed by atoms with Gasteiger partial charge in [-0.25, -0.2) is 4.79 Å². The third-order valence-corrected chi connectivity index (χ3v) is 5.44. The van der Waals surface area contributed by atoms with Crippen LogP contribution in [0.2, 0.25) is 0 Å². The van der Waals surface area contributed by atoms with E-state index in [1.165, 1.54) is 31.4 Å². The number of ether oxygens (including phenoxy) is 1. The summed E-state index contributed by atoms with van der Waals surface area (Å²) in [5.74, 6) is -2.67. The first-order valence-electron chi connectivity index (χ1n) is 11.9. The summed E-state index contributed by atoms with van der Waals surface area (Å²) in [6.07, 6.45) is -0.458.